The van der Waals surface area contributed by atoms with Crippen LogP contribution in [0.3, 0.4) is 0 Å². The van der Waals surface area contributed by atoms with E-state index < -0.39 is 5.60 Å². The Morgan fingerprint density at radius 3 is 2.40 bits per heavy atom. The van der Waals surface area contributed by atoms with Crippen LogP contribution >= 0.6 is 11.8 Å². The predicted octanol–water partition coefficient (Wildman–Crippen LogP) is 5.72. The normalized spacial score (nSPS) is 18.7. The number of ether oxygens (including phenoxy) is 2. The van der Waals surface area contributed by atoms with Crippen LogP contribution in [0.25, 0.3) is 0 Å². The second-order valence-corrected chi connectivity index (χ2v) is 11.4. The van der Waals surface area contributed by atoms with Gasteiger partial charge in [0.2, 0.25) is 5.88 Å². The summed E-state index contributed by atoms with van der Waals surface area (Å²) in [6.45, 7) is 17.0. The number of aryl methyl sites for hydroxylation is 3. The summed E-state index contributed by atoms with van der Waals surface area (Å²) in [5, 5.41) is 0.703. The lowest BCUT2D eigenvalue weighted by atomic mass is 10.1. The lowest BCUT2D eigenvalue weighted by Crippen LogP contribution is -2.41. The van der Waals surface area contributed by atoms with Crippen LogP contribution in [0.15, 0.2) is 24.3 Å². The molecule has 0 radical (unpaired) electrons. The molecular weight excluding hydrogens is 460 g/mol. The van der Waals surface area contributed by atoms with E-state index in [0.717, 1.165) is 30.2 Å². The van der Waals surface area contributed by atoms with Crippen molar-refractivity contribution in [3.05, 3.63) is 46.9 Å². The van der Waals surface area contributed by atoms with E-state index in [-0.39, 0.29) is 12.1 Å². The second kappa shape index (κ2) is 11.6. The zero-order valence-corrected chi connectivity index (χ0v) is 23.2. The number of carbonyl (C=O) groups excluding carboxylic acids is 1. The largest absolute Gasteiger partial charge is 0.474 e. The number of thioether (sulfide) groups is 1. The lowest BCUT2D eigenvalue weighted by Gasteiger charge is -2.32. The van der Waals surface area contributed by atoms with Gasteiger partial charge in [0.15, 0.2) is 0 Å². The maximum atomic E-state index is 12.5. The number of amides is 1. The van der Waals surface area contributed by atoms with Crippen molar-refractivity contribution in [2.45, 2.75) is 71.8 Å². The van der Waals surface area contributed by atoms with E-state index in [0.29, 0.717) is 30.0 Å². The fourth-order valence-electron chi connectivity index (χ4n) is 4.38. The quantitative estimate of drug-likeness (QED) is 0.534. The summed E-state index contributed by atoms with van der Waals surface area (Å²) in [5.74, 6) is 0.520. The number of aromatic nitrogens is 2. The van der Waals surface area contributed by atoms with E-state index in [1.807, 2.05) is 58.5 Å². The molecule has 2 aliphatic rings. The molecule has 4 heterocycles. The number of hydrogen-bond acceptors (Lipinski definition) is 7. The third-order valence-corrected chi connectivity index (χ3v) is 7.08. The van der Waals surface area contributed by atoms with Gasteiger partial charge in [-0.25, -0.2) is 9.78 Å². The fourth-order valence-corrected chi connectivity index (χ4v) is 5.06. The van der Waals surface area contributed by atoms with E-state index in [2.05, 4.69) is 42.1 Å². The van der Waals surface area contributed by atoms with Crippen molar-refractivity contribution in [3.63, 3.8) is 0 Å². The first-order valence-corrected chi connectivity index (χ1v) is 13.6. The van der Waals surface area contributed by atoms with Crippen LogP contribution in [0, 0.1) is 20.8 Å². The number of likely N-dealkylation sites (tertiary alicyclic amines) is 1. The third-order valence-electron chi connectivity index (χ3n) is 6.03. The standard InChI is InChI=1S/C19H29N3O3S.C8H11N/c1-13(21-9-8-14(12-21)26-5)15-6-7-16-17(20-15)24-11-10-22(16)18(23)25-19(2,3)4;1-6-4-7(2)9-8(3)5-6/h6-7,13-14H,8-12H2,1-5H3;4-5H,1-3H3. The fraction of sp³-hybridized carbons (Fsp3) is 0.593. The van der Waals surface area contributed by atoms with E-state index >= 15 is 0 Å². The van der Waals surface area contributed by atoms with Crippen LogP contribution in [0.5, 0.6) is 5.88 Å². The van der Waals surface area contributed by atoms with Gasteiger partial charge in [0.1, 0.15) is 17.9 Å². The average molecular weight is 501 g/mol. The number of nitrogens with zero attached hydrogens (tertiary/aromatic N) is 4. The molecule has 7 nitrogen and oxygen atoms in total. The molecule has 8 heteroatoms. The maximum Gasteiger partial charge on any atom is 0.415 e. The lowest BCUT2D eigenvalue weighted by molar-refractivity contribution is 0.0566. The van der Waals surface area contributed by atoms with Gasteiger partial charge < -0.3 is 9.47 Å². The third kappa shape index (κ3) is 7.58. The predicted molar refractivity (Wildman–Crippen MR) is 144 cm³/mol. The Kier molecular flexibility index (Phi) is 9.05. The minimum absolute atomic E-state index is 0.234. The molecule has 0 spiro atoms. The average Bonchev–Trinajstić information content (AvgIpc) is 3.25. The summed E-state index contributed by atoms with van der Waals surface area (Å²) in [6.07, 6.45) is 3.04. The van der Waals surface area contributed by atoms with Gasteiger partial charge in [-0.1, -0.05) is 0 Å². The Labute approximate surface area is 214 Å². The molecule has 1 saturated heterocycles. The molecule has 0 saturated carbocycles. The van der Waals surface area contributed by atoms with Crippen molar-refractivity contribution in [2.75, 3.05) is 37.4 Å². The molecule has 192 valence electrons. The molecule has 0 aromatic carbocycles. The highest BCUT2D eigenvalue weighted by Crippen LogP contribution is 2.34. The number of carbonyl (C=O) groups is 1. The minimum Gasteiger partial charge on any atom is -0.474 e. The first-order chi connectivity index (χ1) is 16.5. The van der Waals surface area contributed by atoms with E-state index in [4.69, 9.17) is 14.5 Å². The van der Waals surface area contributed by atoms with Crippen molar-refractivity contribution >= 4 is 23.5 Å². The van der Waals surface area contributed by atoms with Gasteiger partial charge in [-0.2, -0.15) is 11.8 Å². The van der Waals surface area contributed by atoms with Crippen molar-refractivity contribution in [2.24, 2.45) is 0 Å². The smallest absolute Gasteiger partial charge is 0.415 e. The number of anilines is 1. The molecule has 0 bridgehead atoms. The second-order valence-electron chi connectivity index (χ2n) is 10.3. The molecule has 2 unspecified atom stereocenters. The van der Waals surface area contributed by atoms with Gasteiger partial charge in [0.05, 0.1) is 12.2 Å². The van der Waals surface area contributed by atoms with Crippen molar-refractivity contribution in [1.82, 2.24) is 14.9 Å². The molecule has 2 atom stereocenters. The molecule has 0 N–H and O–H groups in total. The monoisotopic (exact) mass is 500 g/mol. The molecule has 0 aliphatic carbocycles. The Hall–Kier alpha value is -2.32. The van der Waals surface area contributed by atoms with Crippen LogP contribution in [0.4, 0.5) is 10.5 Å². The summed E-state index contributed by atoms with van der Waals surface area (Å²) in [7, 11) is 0. The molecule has 4 rings (SSSR count). The van der Waals surface area contributed by atoms with Gasteiger partial charge in [0, 0.05) is 29.2 Å². The van der Waals surface area contributed by atoms with E-state index in [9.17, 15) is 4.79 Å². The molecule has 2 aromatic rings. The van der Waals surface area contributed by atoms with Crippen molar-refractivity contribution in [1.29, 1.82) is 0 Å². The molecule has 2 aliphatic heterocycles. The molecular formula is C27H40N4O3S. The Morgan fingerprint density at radius 1 is 1.14 bits per heavy atom. The highest BCUT2D eigenvalue weighted by Gasteiger charge is 2.31. The van der Waals surface area contributed by atoms with Crippen molar-refractivity contribution < 1.29 is 14.3 Å². The molecule has 1 fully saturated rings. The number of hydrogen-bond donors (Lipinski definition) is 0. The topological polar surface area (TPSA) is 67.8 Å². The highest BCUT2D eigenvalue weighted by molar-refractivity contribution is 7.99. The van der Waals surface area contributed by atoms with Crippen LogP contribution in [0.1, 0.15) is 62.8 Å². The number of rotatable bonds is 3. The van der Waals surface area contributed by atoms with E-state index in [1.165, 1.54) is 12.0 Å². The van der Waals surface area contributed by atoms with Crippen LogP contribution < -0.4 is 9.64 Å². The van der Waals surface area contributed by atoms with Crippen LogP contribution in [0.2, 0.25) is 0 Å². The van der Waals surface area contributed by atoms with Crippen LogP contribution in [-0.4, -0.2) is 64.3 Å². The van der Waals surface area contributed by atoms with Gasteiger partial charge >= 0.3 is 6.09 Å². The van der Waals surface area contributed by atoms with Gasteiger partial charge in [0.25, 0.3) is 0 Å². The van der Waals surface area contributed by atoms with Crippen LogP contribution in [-0.2, 0) is 4.74 Å². The van der Waals surface area contributed by atoms with Gasteiger partial charge in [-0.3, -0.25) is 14.8 Å². The van der Waals surface area contributed by atoms with E-state index in [1.54, 1.807) is 4.90 Å². The zero-order valence-electron chi connectivity index (χ0n) is 22.4. The summed E-state index contributed by atoms with van der Waals surface area (Å²) < 4.78 is 11.3. The molecule has 1 amide bonds. The molecule has 35 heavy (non-hydrogen) atoms. The summed E-state index contributed by atoms with van der Waals surface area (Å²) >= 11 is 1.93. The summed E-state index contributed by atoms with van der Waals surface area (Å²) in [4.78, 5) is 25.5. The SMILES string of the molecule is CSC1CCN(C(C)c2ccc3c(n2)OCCN3C(=O)OC(C)(C)C)C1.Cc1cc(C)nc(C)c1. The first-order valence-electron chi connectivity index (χ1n) is 12.3. The Morgan fingerprint density at radius 2 is 1.83 bits per heavy atom. The summed E-state index contributed by atoms with van der Waals surface area (Å²) in [5.41, 5.74) is 4.64. The van der Waals surface area contributed by atoms with Gasteiger partial charge in [-0.15, -0.1) is 0 Å². The zero-order chi connectivity index (χ0) is 25.8. The Balaban J connectivity index is 0.000000320. The molecule has 2 aromatic heterocycles. The first kappa shape index (κ1) is 27.3. The number of pyridine rings is 2. The van der Waals surface area contributed by atoms with Crippen molar-refractivity contribution in [3.8, 4) is 5.88 Å². The summed E-state index contributed by atoms with van der Waals surface area (Å²) in [6, 6.07) is 8.32. The minimum atomic E-state index is -0.527. The maximum absolute atomic E-state index is 12.5. The van der Waals surface area contributed by atoms with Gasteiger partial charge in [-0.05, 0) is 97.5 Å². The Bertz CT molecular complexity index is 973. The highest BCUT2D eigenvalue weighted by atomic mass is 32.2. The number of fused-ring (bicyclic) bond motifs is 1.